The van der Waals surface area contributed by atoms with E-state index in [1.54, 1.807) is 12.1 Å². The molecule has 4 nitrogen and oxygen atoms in total. The first-order valence-corrected chi connectivity index (χ1v) is 6.82. The molecule has 0 atom stereocenters. The minimum absolute atomic E-state index is 0.253. The average molecular weight is 280 g/mol. The third-order valence-electron chi connectivity index (χ3n) is 3.89. The van der Waals surface area contributed by atoms with E-state index in [4.69, 9.17) is 5.73 Å². The molecule has 0 saturated heterocycles. The van der Waals surface area contributed by atoms with Crippen molar-refractivity contribution in [2.75, 3.05) is 4.90 Å². The van der Waals surface area contributed by atoms with Crippen LogP contribution in [0.2, 0.25) is 0 Å². The van der Waals surface area contributed by atoms with Crippen molar-refractivity contribution >= 4 is 17.5 Å². The minimum Gasteiger partial charge on any atom is -0.326 e. The van der Waals surface area contributed by atoms with E-state index in [0.29, 0.717) is 23.4 Å². The van der Waals surface area contributed by atoms with Crippen molar-refractivity contribution in [3.8, 4) is 0 Å². The molecule has 1 aliphatic heterocycles. The number of rotatable bonds is 2. The highest BCUT2D eigenvalue weighted by Crippen LogP contribution is 2.32. The summed E-state index contributed by atoms with van der Waals surface area (Å²) in [7, 11) is 0. The van der Waals surface area contributed by atoms with Gasteiger partial charge in [0.05, 0.1) is 16.8 Å². The zero-order valence-electron chi connectivity index (χ0n) is 12.0. The minimum atomic E-state index is -0.253. The molecule has 0 unspecified atom stereocenters. The second kappa shape index (κ2) is 4.82. The summed E-state index contributed by atoms with van der Waals surface area (Å²) in [5.74, 6) is -0.506. The number of anilines is 1. The molecule has 1 aliphatic rings. The Morgan fingerprint density at radius 2 is 1.33 bits per heavy atom. The first kappa shape index (κ1) is 13.5. The summed E-state index contributed by atoms with van der Waals surface area (Å²) in [5, 5.41) is 0. The molecule has 2 aromatic carbocycles. The summed E-state index contributed by atoms with van der Waals surface area (Å²) in [4.78, 5) is 26.5. The molecule has 1 heterocycles. The van der Waals surface area contributed by atoms with Gasteiger partial charge in [0.1, 0.15) is 0 Å². The zero-order valence-corrected chi connectivity index (χ0v) is 12.0. The zero-order chi connectivity index (χ0) is 15.1. The Bertz CT molecular complexity index is 707. The van der Waals surface area contributed by atoms with Gasteiger partial charge in [-0.2, -0.15) is 0 Å². The average Bonchev–Trinajstić information content (AvgIpc) is 2.76. The predicted molar refractivity (Wildman–Crippen MR) is 81.4 cm³/mol. The maximum atomic E-state index is 12.6. The fraction of sp³-hybridized carbons (Fsp3) is 0.176. The molecule has 2 amide bonds. The summed E-state index contributed by atoms with van der Waals surface area (Å²) in [6.45, 7) is 4.13. The highest BCUT2D eigenvalue weighted by molar-refractivity contribution is 6.35. The lowest BCUT2D eigenvalue weighted by atomic mass is 9.99. The molecule has 0 fully saturated rings. The molecule has 0 radical (unpaired) electrons. The smallest absolute Gasteiger partial charge is 0.266 e. The number of fused-ring (bicyclic) bond motifs is 1. The van der Waals surface area contributed by atoms with Crippen LogP contribution in [0.3, 0.4) is 0 Å². The fourth-order valence-electron chi connectivity index (χ4n) is 2.69. The standard InChI is InChI=1S/C17H16N2O2/c1-10-3-4-11(2)15-14(10)16(20)19(17(15)21)13-7-5-12(9-18)6-8-13/h3-8H,9,18H2,1-2H3. The van der Waals surface area contributed by atoms with Crippen molar-refractivity contribution in [3.05, 3.63) is 64.2 Å². The van der Waals surface area contributed by atoms with Crippen LogP contribution >= 0.6 is 0 Å². The Kier molecular flexibility index (Phi) is 3.11. The molecule has 0 aromatic heterocycles. The molecular weight excluding hydrogens is 264 g/mol. The van der Waals surface area contributed by atoms with E-state index >= 15 is 0 Å². The quantitative estimate of drug-likeness (QED) is 0.860. The Balaban J connectivity index is 2.11. The lowest BCUT2D eigenvalue weighted by Crippen LogP contribution is -2.29. The SMILES string of the molecule is Cc1ccc(C)c2c1C(=O)N(c1ccc(CN)cc1)C2=O. The van der Waals surface area contributed by atoms with Crippen LogP contribution in [-0.2, 0) is 6.54 Å². The molecule has 2 aromatic rings. The second-order valence-corrected chi connectivity index (χ2v) is 5.27. The van der Waals surface area contributed by atoms with Crippen molar-refractivity contribution in [2.24, 2.45) is 5.73 Å². The van der Waals surface area contributed by atoms with Crippen molar-refractivity contribution in [3.63, 3.8) is 0 Å². The number of amides is 2. The van der Waals surface area contributed by atoms with Crippen LogP contribution in [0, 0.1) is 13.8 Å². The fourth-order valence-corrected chi connectivity index (χ4v) is 2.69. The molecule has 0 spiro atoms. The third-order valence-corrected chi connectivity index (χ3v) is 3.89. The Morgan fingerprint density at radius 3 is 1.76 bits per heavy atom. The molecule has 21 heavy (non-hydrogen) atoms. The molecular formula is C17H16N2O2. The summed E-state index contributed by atoms with van der Waals surface area (Å²) < 4.78 is 0. The van der Waals surface area contributed by atoms with Gasteiger partial charge in [-0.3, -0.25) is 9.59 Å². The van der Waals surface area contributed by atoms with E-state index in [2.05, 4.69) is 0 Å². The highest BCUT2D eigenvalue weighted by Gasteiger charge is 2.38. The number of carbonyl (C=O) groups excluding carboxylic acids is 2. The van der Waals surface area contributed by atoms with E-state index in [-0.39, 0.29) is 11.8 Å². The number of hydrogen-bond acceptors (Lipinski definition) is 3. The van der Waals surface area contributed by atoms with E-state index in [9.17, 15) is 9.59 Å². The van der Waals surface area contributed by atoms with Crippen LogP contribution in [-0.4, -0.2) is 11.8 Å². The number of nitrogens with zero attached hydrogens (tertiary/aromatic N) is 1. The van der Waals surface area contributed by atoms with E-state index in [0.717, 1.165) is 16.7 Å². The number of benzene rings is 2. The van der Waals surface area contributed by atoms with Crippen LogP contribution in [0.4, 0.5) is 5.69 Å². The van der Waals surface area contributed by atoms with Crippen molar-refractivity contribution < 1.29 is 9.59 Å². The summed E-state index contributed by atoms with van der Waals surface area (Å²) in [5.41, 5.74) is 9.80. The Morgan fingerprint density at radius 1 is 0.857 bits per heavy atom. The molecule has 2 N–H and O–H groups in total. The maximum absolute atomic E-state index is 12.6. The van der Waals surface area contributed by atoms with Gasteiger partial charge in [-0.1, -0.05) is 24.3 Å². The van der Waals surface area contributed by atoms with Gasteiger partial charge in [0, 0.05) is 6.54 Å². The summed E-state index contributed by atoms with van der Waals surface area (Å²) in [6, 6.07) is 10.9. The molecule has 0 bridgehead atoms. The maximum Gasteiger partial charge on any atom is 0.266 e. The first-order chi connectivity index (χ1) is 10.0. The van der Waals surface area contributed by atoms with Gasteiger partial charge in [0.15, 0.2) is 0 Å². The van der Waals surface area contributed by atoms with Gasteiger partial charge < -0.3 is 5.73 Å². The van der Waals surface area contributed by atoms with Crippen LogP contribution in [0.5, 0.6) is 0 Å². The van der Waals surface area contributed by atoms with Gasteiger partial charge in [0.25, 0.3) is 11.8 Å². The van der Waals surface area contributed by atoms with Crippen molar-refractivity contribution in [2.45, 2.75) is 20.4 Å². The van der Waals surface area contributed by atoms with E-state index in [1.807, 2.05) is 38.1 Å². The molecule has 4 heteroatoms. The van der Waals surface area contributed by atoms with Gasteiger partial charge >= 0.3 is 0 Å². The van der Waals surface area contributed by atoms with Gasteiger partial charge in [0.2, 0.25) is 0 Å². The topological polar surface area (TPSA) is 63.4 Å². The van der Waals surface area contributed by atoms with Gasteiger partial charge in [-0.05, 0) is 42.7 Å². The molecule has 0 saturated carbocycles. The first-order valence-electron chi connectivity index (χ1n) is 6.82. The van der Waals surface area contributed by atoms with Crippen molar-refractivity contribution in [1.82, 2.24) is 0 Å². The monoisotopic (exact) mass is 280 g/mol. The van der Waals surface area contributed by atoms with E-state index < -0.39 is 0 Å². The van der Waals surface area contributed by atoms with Crippen molar-refractivity contribution in [1.29, 1.82) is 0 Å². The van der Waals surface area contributed by atoms with Crippen LogP contribution in [0.25, 0.3) is 0 Å². The van der Waals surface area contributed by atoms with Crippen LogP contribution < -0.4 is 10.6 Å². The van der Waals surface area contributed by atoms with Gasteiger partial charge in [-0.15, -0.1) is 0 Å². The molecule has 0 aliphatic carbocycles. The number of imide groups is 1. The number of nitrogens with two attached hydrogens (primary N) is 1. The number of hydrogen-bond donors (Lipinski definition) is 1. The Hall–Kier alpha value is -2.46. The van der Waals surface area contributed by atoms with Crippen LogP contribution in [0.1, 0.15) is 37.4 Å². The number of aryl methyl sites for hydroxylation is 2. The lowest BCUT2D eigenvalue weighted by molar-refractivity contribution is 0.0926. The molecule has 106 valence electrons. The third kappa shape index (κ3) is 1.96. The largest absolute Gasteiger partial charge is 0.326 e. The second-order valence-electron chi connectivity index (χ2n) is 5.27. The number of carbonyl (C=O) groups is 2. The van der Waals surface area contributed by atoms with Gasteiger partial charge in [-0.25, -0.2) is 4.90 Å². The van der Waals surface area contributed by atoms with E-state index in [1.165, 1.54) is 4.90 Å². The highest BCUT2D eigenvalue weighted by atomic mass is 16.2. The summed E-state index contributed by atoms with van der Waals surface area (Å²) in [6.07, 6.45) is 0. The lowest BCUT2D eigenvalue weighted by Gasteiger charge is -2.14. The Labute approximate surface area is 123 Å². The molecule has 3 rings (SSSR count). The predicted octanol–water partition coefficient (Wildman–Crippen LogP) is 2.56. The normalized spacial score (nSPS) is 13.8. The summed E-state index contributed by atoms with van der Waals surface area (Å²) >= 11 is 0. The van der Waals surface area contributed by atoms with Crippen LogP contribution in [0.15, 0.2) is 36.4 Å².